The molecule has 2 atom stereocenters. The van der Waals surface area contributed by atoms with E-state index in [4.69, 9.17) is 9.47 Å². The normalized spacial score (nSPS) is 19.1. The van der Waals surface area contributed by atoms with Gasteiger partial charge < -0.3 is 14.6 Å². The Labute approximate surface area is 144 Å². The first-order valence-electron chi connectivity index (χ1n) is 8.88. The zero-order chi connectivity index (χ0) is 16.6. The zero-order valence-electron chi connectivity index (χ0n) is 14.1. The van der Waals surface area contributed by atoms with Gasteiger partial charge in [-0.05, 0) is 48.8 Å². The van der Waals surface area contributed by atoms with Crippen molar-refractivity contribution in [2.45, 2.75) is 44.5 Å². The lowest BCUT2D eigenvalue weighted by molar-refractivity contribution is -0.162. The minimum absolute atomic E-state index is 0.00927. The van der Waals surface area contributed by atoms with Gasteiger partial charge in [0.25, 0.3) is 0 Å². The maximum atomic E-state index is 10.5. The number of rotatable bonds is 7. The third kappa shape index (κ3) is 4.91. The van der Waals surface area contributed by atoms with Crippen LogP contribution in [-0.2, 0) is 15.9 Å². The smallest absolute Gasteiger partial charge is 0.157 e. The molecule has 24 heavy (non-hydrogen) atoms. The van der Waals surface area contributed by atoms with Gasteiger partial charge in [-0.1, -0.05) is 54.6 Å². The summed E-state index contributed by atoms with van der Waals surface area (Å²) in [5.41, 5.74) is 3.10. The molecular formula is C21H26O3. The summed E-state index contributed by atoms with van der Waals surface area (Å²) < 4.78 is 11.4. The van der Waals surface area contributed by atoms with Crippen LogP contribution in [0.2, 0.25) is 0 Å². The molecule has 1 aliphatic heterocycles. The minimum atomic E-state index is -0.571. The first-order chi connectivity index (χ1) is 11.8. The summed E-state index contributed by atoms with van der Waals surface area (Å²) in [5, 5.41) is 10.5. The van der Waals surface area contributed by atoms with Crippen LogP contribution in [-0.4, -0.2) is 24.6 Å². The van der Waals surface area contributed by atoms with Crippen LogP contribution < -0.4 is 0 Å². The summed E-state index contributed by atoms with van der Waals surface area (Å²) in [4.78, 5) is 0. The zero-order valence-corrected chi connectivity index (χ0v) is 14.1. The van der Waals surface area contributed by atoms with Crippen molar-refractivity contribution in [3.63, 3.8) is 0 Å². The Hall–Kier alpha value is -1.68. The maximum Gasteiger partial charge on any atom is 0.157 e. The van der Waals surface area contributed by atoms with Crippen molar-refractivity contribution in [3.05, 3.63) is 71.3 Å². The SMILES string of the molecule is OC(c1ccccc1)c1cccc(CCCOC2CCCCO2)c1. The van der Waals surface area contributed by atoms with Crippen molar-refractivity contribution >= 4 is 0 Å². The number of aryl methyl sites for hydroxylation is 1. The molecule has 2 unspecified atom stereocenters. The molecule has 3 heteroatoms. The predicted molar refractivity (Wildman–Crippen MR) is 94.8 cm³/mol. The largest absolute Gasteiger partial charge is 0.384 e. The Morgan fingerprint density at radius 3 is 2.67 bits per heavy atom. The summed E-state index contributed by atoms with van der Waals surface area (Å²) in [6, 6.07) is 18.0. The standard InChI is InChI=1S/C21H26O3/c22-21(18-10-2-1-3-11-18)19-12-6-8-17(16-19)9-7-15-24-20-13-4-5-14-23-20/h1-3,6,8,10-12,16,20-22H,4-5,7,9,13-15H2. The van der Waals surface area contributed by atoms with E-state index in [9.17, 15) is 5.11 Å². The lowest BCUT2D eigenvalue weighted by atomic mass is 9.98. The fourth-order valence-corrected chi connectivity index (χ4v) is 3.08. The van der Waals surface area contributed by atoms with E-state index >= 15 is 0 Å². The van der Waals surface area contributed by atoms with Gasteiger partial charge in [0.05, 0.1) is 6.61 Å². The van der Waals surface area contributed by atoms with Gasteiger partial charge in [-0.25, -0.2) is 0 Å². The highest BCUT2D eigenvalue weighted by Gasteiger charge is 2.14. The molecule has 1 heterocycles. The third-order valence-electron chi connectivity index (χ3n) is 4.43. The average molecular weight is 326 g/mol. The first-order valence-corrected chi connectivity index (χ1v) is 8.88. The second-order valence-electron chi connectivity index (χ2n) is 6.33. The number of benzene rings is 2. The van der Waals surface area contributed by atoms with Crippen LogP contribution in [0.4, 0.5) is 0 Å². The van der Waals surface area contributed by atoms with Crippen LogP contribution in [0.5, 0.6) is 0 Å². The van der Waals surface area contributed by atoms with Crippen LogP contribution in [0, 0.1) is 0 Å². The Kier molecular flexibility index (Phi) is 6.41. The Morgan fingerprint density at radius 2 is 1.88 bits per heavy atom. The molecule has 128 valence electrons. The molecule has 1 aliphatic rings. The second kappa shape index (κ2) is 8.97. The van der Waals surface area contributed by atoms with Crippen LogP contribution >= 0.6 is 0 Å². The van der Waals surface area contributed by atoms with Crippen molar-refractivity contribution in [1.29, 1.82) is 0 Å². The van der Waals surface area contributed by atoms with Crippen molar-refractivity contribution < 1.29 is 14.6 Å². The van der Waals surface area contributed by atoms with E-state index in [1.54, 1.807) is 0 Å². The van der Waals surface area contributed by atoms with E-state index in [2.05, 4.69) is 12.1 Å². The monoisotopic (exact) mass is 326 g/mol. The highest BCUT2D eigenvalue weighted by molar-refractivity contribution is 5.32. The lowest BCUT2D eigenvalue weighted by Crippen LogP contribution is -2.22. The average Bonchev–Trinajstić information content (AvgIpc) is 2.66. The quantitative estimate of drug-likeness (QED) is 0.773. The van der Waals surface area contributed by atoms with Gasteiger partial charge >= 0.3 is 0 Å². The molecule has 1 saturated heterocycles. The Balaban J connectivity index is 1.50. The van der Waals surface area contributed by atoms with Gasteiger partial charge in [0, 0.05) is 6.61 Å². The Morgan fingerprint density at radius 1 is 1.04 bits per heavy atom. The summed E-state index contributed by atoms with van der Waals surface area (Å²) in [5.74, 6) is 0. The Bertz CT molecular complexity index is 605. The number of aliphatic hydroxyl groups excluding tert-OH is 1. The first kappa shape index (κ1) is 17.2. The fraction of sp³-hybridized carbons (Fsp3) is 0.429. The molecular weight excluding hydrogens is 300 g/mol. The fourth-order valence-electron chi connectivity index (χ4n) is 3.08. The molecule has 0 saturated carbocycles. The van der Waals surface area contributed by atoms with Gasteiger partial charge in [0.1, 0.15) is 6.10 Å². The van der Waals surface area contributed by atoms with Gasteiger partial charge in [-0.15, -0.1) is 0 Å². The van der Waals surface area contributed by atoms with E-state index in [1.807, 2.05) is 42.5 Å². The minimum Gasteiger partial charge on any atom is -0.384 e. The van der Waals surface area contributed by atoms with Crippen LogP contribution in [0.1, 0.15) is 48.5 Å². The summed E-state index contributed by atoms with van der Waals surface area (Å²) in [7, 11) is 0. The molecule has 0 amide bonds. The van der Waals surface area contributed by atoms with Crippen LogP contribution in [0.25, 0.3) is 0 Å². The van der Waals surface area contributed by atoms with Crippen molar-refractivity contribution in [1.82, 2.24) is 0 Å². The second-order valence-corrected chi connectivity index (χ2v) is 6.33. The van der Waals surface area contributed by atoms with Gasteiger partial charge in [-0.2, -0.15) is 0 Å². The van der Waals surface area contributed by atoms with Crippen LogP contribution in [0.3, 0.4) is 0 Å². The van der Waals surface area contributed by atoms with Crippen molar-refractivity contribution in [2.24, 2.45) is 0 Å². The van der Waals surface area contributed by atoms with Gasteiger partial charge in [-0.3, -0.25) is 0 Å². The summed E-state index contributed by atoms with van der Waals surface area (Å²) in [6.45, 7) is 1.54. The van der Waals surface area contributed by atoms with Crippen LogP contribution in [0.15, 0.2) is 54.6 Å². The van der Waals surface area contributed by atoms with Crippen molar-refractivity contribution in [2.75, 3.05) is 13.2 Å². The molecule has 3 rings (SSSR count). The molecule has 0 spiro atoms. The number of hydrogen-bond acceptors (Lipinski definition) is 3. The summed E-state index contributed by atoms with van der Waals surface area (Å²) in [6.07, 6.45) is 4.69. The van der Waals surface area contributed by atoms with E-state index in [0.29, 0.717) is 0 Å². The maximum absolute atomic E-state index is 10.5. The van der Waals surface area contributed by atoms with E-state index < -0.39 is 6.10 Å². The highest BCUT2D eigenvalue weighted by atomic mass is 16.7. The molecule has 2 aromatic carbocycles. The molecule has 0 bridgehead atoms. The number of aliphatic hydroxyl groups is 1. The summed E-state index contributed by atoms with van der Waals surface area (Å²) >= 11 is 0. The lowest BCUT2D eigenvalue weighted by Gasteiger charge is -2.22. The molecule has 1 N–H and O–H groups in total. The van der Waals surface area contributed by atoms with Gasteiger partial charge in [0.2, 0.25) is 0 Å². The molecule has 2 aromatic rings. The molecule has 1 fully saturated rings. The predicted octanol–water partition coefficient (Wildman–Crippen LogP) is 4.24. The van der Waals surface area contributed by atoms with E-state index in [1.165, 1.54) is 12.0 Å². The number of hydrogen-bond donors (Lipinski definition) is 1. The van der Waals surface area contributed by atoms with Crippen molar-refractivity contribution in [3.8, 4) is 0 Å². The molecule has 0 radical (unpaired) electrons. The molecule has 0 aromatic heterocycles. The van der Waals surface area contributed by atoms with Gasteiger partial charge in [0.15, 0.2) is 6.29 Å². The van der Waals surface area contributed by atoms with E-state index in [-0.39, 0.29) is 6.29 Å². The molecule has 3 nitrogen and oxygen atoms in total. The topological polar surface area (TPSA) is 38.7 Å². The molecule has 0 aliphatic carbocycles. The van der Waals surface area contributed by atoms with E-state index in [0.717, 1.165) is 50.0 Å². The number of ether oxygens (including phenoxy) is 2. The highest BCUT2D eigenvalue weighted by Crippen LogP contribution is 2.23. The third-order valence-corrected chi connectivity index (χ3v) is 4.43.